The van der Waals surface area contributed by atoms with Crippen LogP contribution in [0.25, 0.3) is 0 Å². The topological polar surface area (TPSA) is 18.5 Å². The molecule has 0 radical (unpaired) electrons. The van der Waals surface area contributed by atoms with E-state index in [-0.39, 0.29) is 0 Å². The predicted molar refractivity (Wildman–Crippen MR) is 80.4 cm³/mol. The van der Waals surface area contributed by atoms with Gasteiger partial charge in [-0.15, -0.1) is 0 Å². The average molecular weight is 265 g/mol. The summed E-state index contributed by atoms with van der Waals surface area (Å²) in [5.74, 6) is 0.926. The molecule has 1 saturated heterocycles. The third-order valence-electron chi connectivity index (χ3n) is 5.73. The van der Waals surface area contributed by atoms with Crippen molar-refractivity contribution in [1.29, 1.82) is 0 Å². The molecule has 0 bridgehead atoms. The highest BCUT2D eigenvalue weighted by molar-refractivity contribution is 4.94. The summed E-state index contributed by atoms with van der Waals surface area (Å²) in [6.45, 7) is 7.41. The van der Waals surface area contributed by atoms with Gasteiger partial charge < -0.3 is 15.1 Å². The van der Waals surface area contributed by atoms with Gasteiger partial charge in [0, 0.05) is 18.1 Å². The van der Waals surface area contributed by atoms with E-state index in [9.17, 15) is 0 Å². The Kier molecular flexibility index (Phi) is 4.45. The predicted octanol–water partition coefficient (Wildman–Crippen LogP) is 1.93. The van der Waals surface area contributed by atoms with Crippen LogP contribution in [0.3, 0.4) is 0 Å². The maximum Gasteiger partial charge on any atom is 0.0136 e. The van der Waals surface area contributed by atoms with Gasteiger partial charge in [0.2, 0.25) is 0 Å². The third-order valence-corrected chi connectivity index (χ3v) is 5.73. The first-order valence-electron chi connectivity index (χ1n) is 8.45. The summed E-state index contributed by atoms with van der Waals surface area (Å²) in [7, 11) is 2.39. The van der Waals surface area contributed by atoms with E-state index in [1.54, 1.807) is 0 Å². The Bertz CT molecular complexity index is 282. The molecule has 2 saturated carbocycles. The summed E-state index contributed by atoms with van der Waals surface area (Å²) in [4.78, 5) is 5.33. The monoisotopic (exact) mass is 265 g/mol. The van der Waals surface area contributed by atoms with Gasteiger partial charge in [-0.05, 0) is 77.7 Å². The molecule has 0 aromatic heterocycles. The van der Waals surface area contributed by atoms with Crippen LogP contribution in [-0.4, -0.2) is 61.2 Å². The Balaban J connectivity index is 1.42. The highest BCUT2D eigenvalue weighted by Gasteiger charge is 2.37. The molecule has 2 aliphatic carbocycles. The molecule has 1 aliphatic heterocycles. The average Bonchev–Trinajstić information content (AvgIpc) is 3.22. The summed E-state index contributed by atoms with van der Waals surface area (Å²) >= 11 is 0. The summed E-state index contributed by atoms with van der Waals surface area (Å²) in [6, 6.07) is 2.58. The lowest BCUT2D eigenvalue weighted by Gasteiger charge is -2.48. The number of nitrogens with zero attached hydrogens (tertiary/aromatic N) is 2. The van der Waals surface area contributed by atoms with Crippen LogP contribution in [0.1, 0.15) is 45.4 Å². The fourth-order valence-corrected chi connectivity index (χ4v) is 3.84. The minimum absolute atomic E-state index is 0.844. The van der Waals surface area contributed by atoms with Crippen LogP contribution in [0.2, 0.25) is 0 Å². The second-order valence-corrected chi connectivity index (χ2v) is 6.92. The van der Waals surface area contributed by atoms with E-state index in [2.05, 4.69) is 29.1 Å². The molecule has 3 nitrogen and oxygen atoms in total. The summed E-state index contributed by atoms with van der Waals surface area (Å²) in [6.07, 6.45) is 8.47. The van der Waals surface area contributed by atoms with Crippen LogP contribution in [0.4, 0.5) is 0 Å². The van der Waals surface area contributed by atoms with Crippen molar-refractivity contribution >= 4 is 0 Å². The Hall–Kier alpha value is -0.120. The maximum absolute atomic E-state index is 3.73. The van der Waals surface area contributed by atoms with E-state index >= 15 is 0 Å². The molecule has 19 heavy (non-hydrogen) atoms. The second kappa shape index (κ2) is 6.11. The molecular formula is C16H31N3. The number of piperidine rings is 1. The van der Waals surface area contributed by atoms with Crippen LogP contribution < -0.4 is 5.32 Å². The number of rotatable bonds is 6. The van der Waals surface area contributed by atoms with Crippen molar-refractivity contribution in [3.8, 4) is 0 Å². The number of hydrogen-bond acceptors (Lipinski definition) is 3. The van der Waals surface area contributed by atoms with E-state index < -0.39 is 0 Å². The fourth-order valence-electron chi connectivity index (χ4n) is 3.84. The summed E-state index contributed by atoms with van der Waals surface area (Å²) < 4.78 is 0. The SMILES string of the molecule is CCN1CCC(N(C)C2CCC2CNC2CC2)CC1. The fraction of sp³-hybridized carbons (Fsp3) is 1.00. The zero-order valence-corrected chi connectivity index (χ0v) is 12.8. The molecule has 0 amide bonds. The van der Waals surface area contributed by atoms with Gasteiger partial charge in [-0.25, -0.2) is 0 Å². The molecule has 2 atom stereocenters. The van der Waals surface area contributed by atoms with E-state index in [1.165, 1.54) is 64.7 Å². The van der Waals surface area contributed by atoms with Crippen LogP contribution in [0.15, 0.2) is 0 Å². The molecule has 1 N–H and O–H groups in total. The van der Waals surface area contributed by atoms with Gasteiger partial charge in [-0.1, -0.05) is 6.92 Å². The molecule has 2 unspecified atom stereocenters. The lowest BCUT2D eigenvalue weighted by Crippen LogP contribution is -2.54. The zero-order chi connectivity index (χ0) is 13.2. The van der Waals surface area contributed by atoms with Crippen LogP contribution in [0.5, 0.6) is 0 Å². The second-order valence-electron chi connectivity index (χ2n) is 6.92. The van der Waals surface area contributed by atoms with Gasteiger partial charge in [-0.2, -0.15) is 0 Å². The number of hydrogen-bond donors (Lipinski definition) is 1. The van der Waals surface area contributed by atoms with E-state index in [0.29, 0.717) is 0 Å². The Morgan fingerprint density at radius 3 is 2.32 bits per heavy atom. The van der Waals surface area contributed by atoms with Crippen molar-refractivity contribution in [3.05, 3.63) is 0 Å². The zero-order valence-electron chi connectivity index (χ0n) is 12.8. The molecule has 3 rings (SSSR count). The molecule has 3 heteroatoms. The molecular weight excluding hydrogens is 234 g/mol. The van der Waals surface area contributed by atoms with Crippen molar-refractivity contribution in [3.63, 3.8) is 0 Å². The Labute approximate surface area is 118 Å². The molecule has 0 spiro atoms. The Morgan fingerprint density at radius 2 is 1.79 bits per heavy atom. The minimum Gasteiger partial charge on any atom is -0.314 e. The summed E-state index contributed by atoms with van der Waals surface area (Å²) in [5.41, 5.74) is 0. The molecule has 3 fully saturated rings. The van der Waals surface area contributed by atoms with Gasteiger partial charge in [0.05, 0.1) is 0 Å². The maximum atomic E-state index is 3.73. The number of nitrogens with one attached hydrogen (secondary N) is 1. The third kappa shape index (κ3) is 3.32. The van der Waals surface area contributed by atoms with Gasteiger partial charge in [0.1, 0.15) is 0 Å². The highest BCUT2D eigenvalue weighted by atomic mass is 15.2. The first-order chi connectivity index (χ1) is 9.28. The summed E-state index contributed by atoms with van der Waals surface area (Å²) in [5, 5.41) is 3.73. The largest absolute Gasteiger partial charge is 0.314 e. The van der Waals surface area contributed by atoms with Gasteiger partial charge in [-0.3, -0.25) is 0 Å². The first kappa shape index (κ1) is 13.8. The van der Waals surface area contributed by atoms with Gasteiger partial charge >= 0.3 is 0 Å². The van der Waals surface area contributed by atoms with E-state index in [1.807, 2.05) is 0 Å². The van der Waals surface area contributed by atoms with Crippen molar-refractivity contribution in [2.75, 3.05) is 33.2 Å². The van der Waals surface area contributed by atoms with Crippen LogP contribution in [0, 0.1) is 5.92 Å². The lowest BCUT2D eigenvalue weighted by atomic mass is 9.77. The molecule has 0 aromatic rings. The van der Waals surface area contributed by atoms with Crippen LogP contribution in [-0.2, 0) is 0 Å². The smallest absolute Gasteiger partial charge is 0.0136 e. The van der Waals surface area contributed by atoms with Gasteiger partial charge in [0.25, 0.3) is 0 Å². The molecule has 110 valence electrons. The van der Waals surface area contributed by atoms with E-state index in [0.717, 1.165) is 24.0 Å². The normalized spacial score (nSPS) is 33.6. The highest BCUT2D eigenvalue weighted by Crippen LogP contribution is 2.34. The van der Waals surface area contributed by atoms with Crippen molar-refractivity contribution in [1.82, 2.24) is 15.1 Å². The molecule has 0 aromatic carbocycles. The van der Waals surface area contributed by atoms with Gasteiger partial charge in [0.15, 0.2) is 0 Å². The lowest BCUT2D eigenvalue weighted by molar-refractivity contribution is 0.0238. The van der Waals surface area contributed by atoms with Crippen molar-refractivity contribution in [2.45, 2.75) is 63.6 Å². The minimum atomic E-state index is 0.844. The molecule has 3 aliphatic rings. The molecule has 1 heterocycles. The van der Waals surface area contributed by atoms with Crippen molar-refractivity contribution < 1.29 is 0 Å². The van der Waals surface area contributed by atoms with Crippen LogP contribution >= 0.6 is 0 Å². The number of likely N-dealkylation sites (tertiary alicyclic amines) is 1. The van der Waals surface area contributed by atoms with Crippen molar-refractivity contribution in [2.24, 2.45) is 5.92 Å². The van der Waals surface area contributed by atoms with E-state index in [4.69, 9.17) is 0 Å². The first-order valence-corrected chi connectivity index (χ1v) is 8.45. The Morgan fingerprint density at radius 1 is 1.05 bits per heavy atom. The quantitative estimate of drug-likeness (QED) is 0.792. The standard InChI is InChI=1S/C16H31N3/c1-3-19-10-8-15(9-11-19)18(2)16-7-4-13(16)12-17-14-5-6-14/h13-17H,3-12H2,1-2H3.